The Hall–Kier alpha value is -2.04. The van der Waals surface area contributed by atoms with E-state index in [9.17, 15) is 4.79 Å². The molecule has 1 unspecified atom stereocenters. The molecule has 0 aliphatic carbocycles. The van der Waals surface area contributed by atoms with Crippen molar-refractivity contribution in [1.29, 1.82) is 0 Å². The smallest absolute Gasteiger partial charge is 0.344 e. The van der Waals surface area contributed by atoms with Crippen molar-refractivity contribution in [3.8, 4) is 5.75 Å². The van der Waals surface area contributed by atoms with Crippen molar-refractivity contribution in [3.05, 3.63) is 24.1 Å². The first-order valence-electron chi connectivity index (χ1n) is 5.39. The number of carboxylic acids is 1. The lowest BCUT2D eigenvalue weighted by Crippen LogP contribution is -2.22. The molecule has 17 heavy (non-hydrogen) atoms. The standard InChI is InChI=1S/C12H13NO4/c1-3-11-13-9-6-8(4-5-10(9)17-11)16-7(2)12(14)15/h4-7H,3H2,1-2H3,(H,14,15). The highest BCUT2D eigenvalue weighted by molar-refractivity contribution is 5.75. The number of hydrogen-bond acceptors (Lipinski definition) is 4. The van der Waals surface area contributed by atoms with E-state index in [2.05, 4.69) is 4.98 Å². The van der Waals surface area contributed by atoms with E-state index in [-0.39, 0.29) is 0 Å². The third kappa shape index (κ3) is 2.38. The lowest BCUT2D eigenvalue weighted by molar-refractivity contribution is -0.144. The predicted molar refractivity (Wildman–Crippen MR) is 61.1 cm³/mol. The van der Waals surface area contributed by atoms with Gasteiger partial charge >= 0.3 is 5.97 Å². The fraction of sp³-hybridized carbons (Fsp3) is 0.333. The average Bonchev–Trinajstić information content (AvgIpc) is 2.70. The number of nitrogens with zero attached hydrogens (tertiary/aromatic N) is 1. The lowest BCUT2D eigenvalue weighted by atomic mass is 10.3. The normalized spacial score (nSPS) is 12.6. The second-order valence-corrected chi connectivity index (χ2v) is 3.69. The number of carbonyl (C=O) groups is 1. The van der Waals surface area contributed by atoms with Crippen molar-refractivity contribution in [2.45, 2.75) is 26.4 Å². The van der Waals surface area contributed by atoms with Gasteiger partial charge in [-0.25, -0.2) is 9.78 Å². The molecule has 0 saturated heterocycles. The third-order valence-corrected chi connectivity index (χ3v) is 2.37. The Balaban J connectivity index is 2.27. The second kappa shape index (κ2) is 4.45. The van der Waals surface area contributed by atoms with Crippen LogP contribution >= 0.6 is 0 Å². The van der Waals surface area contributed by atoms with Gasteiger partial charge in [0.25, 0.3) is 0 Å². The van der Waals surface area contributed by atoms with E-state index in [1.165, 1.54) is 6.92 Å². The van der Waals surface area contributed by atoms with Crippen LogP contribution in [0.2, 0.25) is 0 Å². The first kappa shape index (κ1) is 11.4. The van der Waals surface area contributed by atoms with Crippen molar-refractivity contribution in [2.24, 2.45) is 0 Å². The van der Waals surface area contributed by atoms with Crippen LogP contribution in [-0.4, -0.2) is 22.2 Å². The molecule has 0 aliphatic heterocycles. The number of aryl methyl sites for hydroxylation is 1. The molecule has 2 aromatic rings. The van der Waals surface area contributed by atoms with Gasteiger partial charge < -0.3 is 14.3 Å². The summed E-state index contributed by atoms with van der Waals surface area (Å²) in [6.07, 6.45) is -0.166. The summed E-state index contributed by atoms with van der Waals surface area (Å²) in [6, 6.07) is 5.08. The predicted octanol–water partition coefficient (Wildman–Crippen LogP) is 2.24. The van der Waals surface area contributed by atoms with E-state index in [0.29, 0.717) is 22.7 Å². The molecule has 0 saturated carbocycles. The van der Waals surface area contributed by atoms with E-state index in [1.807, 2.05) is 6.92 Å². The Bertz CT molecular complexity index is 546. The van der Waals surface area contributed by atoms with Crippen LogP contribution in [0.1, 0.15) is 19.7 Å². The van der Waals surface area contributed by atoms with Crippen molar-refractivity contribution in [1.82, 2.24) is 4.98 Å². The minimum Gasteiger partial charge on any atom is -0.479 e. The zero-order chi connectivity index (χ0) is 12.4. The third-order valence-electron chi connectivity index (χ3n) is 2.37. The molecular formula is C12H13NO4. The van der Waals surface area contributed by atoms with Gasteiger partial charge in [-0.1, -0.05) is 6.92 Å². The van der Waals surface area contributed by atoms with Gasteiger partial charge in [0.1, 0.15) is 11.3 Å². The molecule has 90 valence electrons. The molecule has 0 fully saturated rings. The fourth-order valence-electron chi connectivity index (χ4n) is 1.43. The van der Waals surface area contributed by atoms with Crippen LogP contribution in [0, 0.1) is 0 Å². The fourth-order valence-corrected chi connectivity index (χ4v) is 1.43. The molecule has 1 atom stereocenters. The van der Waals surface area contributed by atoms with Crippen molar-refractivity contribution in [3.63, 3.8) is 0 Å². The highest BCUT2D eigenvalue weighted by Crippen LogP contribution is 2.22. The summed E-state index contributed by atoms with van der Waals surface area (Å²) < 4.78 is 10.7. The molecule has 2 rings (SSSR count). The number of rotatable bonds is 4. The molecule has 0 amide bonds. The number of aliphatic carboxylic acids is 1. The van der Waals surface area contributed by atoms with Crippen LogP contribution in [0.3, 0.4) is 0 Å². The van der Waals surface area contributed by atoms with Crippen LogP contribution in [0.15, 0.2) is 22.6 Å². The van der Waals surface area contributed by atoms with Crippen LogP contribution in [0.25, 0.3) is 11.1 Å². The van der Waals surface area contributed by atoms with E-state index in [0.717, 1.165) is 6.42 Å². The Morgan fingerprint density at radius 2 is 2.35 bits per heavy atom. The van der Waals surface area contributed by atoms with Gasteiger partial charge in [0.15, 0.2) is 17.6 Å². The zero-order valence-electron chi connectivity index (χ0n) is 9.64. The molecule has 1 N–H and O–H groups in total. The van der Waals surface area contributed by atoms with E-state index < -0.39 is 12.1 Å². The summed E-state index contributed by atoms with van der Waals surface area (Å²) in [4.78, 5) is 14.9. The van der Waals surface area contributed by atoms with Crippen molar-refractivity contribution in [2.75, 3.05) is 0 Å². The van der Waals surface area contributed by atoms with Crippen molar-refractivity contribution >= 4 is 17.1 Å². The maximum absolute atomic E-state index is 10.7. The van der Waals surface area contributed by atoms with Gasteiger partial charge in [-0.15, -0.1) is 0 Å². The molecule has 1 aromatic carbocycles. The Morgan fingerprint density at radius 1 is 1.59 bits per heavy atom. The van der Waals surface area contributed by atoms with Gasteiger partial charge in [0.2, 0.25) is 0 Å². The van der Waals surface area contributed by atoms with Gasteiger partial charge in [0.05, 0.1) is 0 Å². The molecule has 1 aromatic heterocycles. The number of ether oxygens (including phenoxy) is 1. The molecule has 0 radical (unpaired) electrons. The minimum absolute atomic E-state index is 0.475. The highest BCUT2D eigenvalue weighted by Gasteiger charge is 2.13. The van der Waals surface area contributed by atoms with Gasteiger partial charge in [-0.05, 0) is 19.1 Å². The molecule has 0 aliphatic rings. The molecular weight excluding hydrogens is 222 g/mol. The molecule has 0 bridgehead atoms. The van der Waals surface area contributed by atoms with Gasteiger partial charge in [-0.3, -0.25) is 0 Å². The summed E-state index contributed by atoms with van der Waals surface area (Å²) in [5.41, 5.74) is 1.36. The zero-order valence-corrected chi connectivity index (χ0v) is 9.64. The second-order valence-electron chi connectivity index (χ2n) is 3.69. The summed E-state index contributed by atoms with van der Waals surface area (Å²) in [5, 5.41) is 8.74. The van der Waals surface area contributed by atoms with Crippen molar-refractivity contribution < 1.29 is 19.1 Å². The summed E-state index contributed by atoms with van der Waals surface area (Å²) in [7, 11) is 0. The number of carboxylic acid groups (broad SMARTS) is 1. The molecule has 5 heteroatoms. The highest BCUT2D eigenvalue weighted by atomic mass is 16.5. The summed E-state index contributed by atoms with van der Waals surface area (Å²) in [6.45, 7) is 3.43. The Kier molecular flexibility index (Phi) is 2.99. The number of benzene rings is 1. The average molecular weight is 235 g/mol. The molecule has 0 spiro atoms. The minimum atomic E-state index is -1.00. The quantitative estimate of drug-likeness (QED) is 0.879. The Morgan fingerprint density at radius 3 is 3.00 bits per heavy atom. The van der Waals surface area contributed by atoms with Gasteiger partial charge in [-0.2, -0.15) is 0 Å². The SMILES string of the molecule is CCc1nc2cc(OC(C)C(=O)O)ccc2o1. The number of hydrogen-bond donors (Lipinski definition) is 1. The van der Waals surface area contributed by atoms with E-state index in [1.54, 1.807) is 18.2 Å². The lowest BCUT2D eigenvalue weighted by Gasteiger charge is -2.09. The number of fused-ring (bicyclic) bond motifs is 1. The van der Waals surface area contributed by atoms with Crippen LogP contribution in [0.5, 0.6) is 5.75 Å². The summed E-state index contributed by atoms with van der Waals surface area (Å²) in [5.74, 6) is 0.131. The number of oxazole rings is 1. The molecule has 1 heterocycles. The topological polar surface area (TPSA) is 72.6 Å². The van der Waals surface area contributed by atoms with Crippen LogP contribution in [0.4, 0.5) is 0 Å². The number of aromatic nitrogens is 1. The van der Waals surface area contributed by atoms with Gasteiger partial charge in [0, 0.05) is 12.5 Å². The Labute approximate surface area is 98.0 Å². The largest absolute Gasteiger partial charge is 0.479 e. The van der Waals surface area contributed by atoms with E-state index in [4.69, 9.17) is 14.3 Å². The maximum atomic E-state index is 10.7. The van der Waals surface area contributed by atoms with E-state index >= 15 is 0 Å². The molecule has 5 nitrogen and oxygen atoms in total. The summed E-state index contributed by atoms with van der Waals surface area (Å²) >= 11 is 0. The van der Waals surface area contributed by atoms with Crippen LogP contribution in [-0.2, 0) is 11.2 Å². The first-order chi connectivity index (χ1) is 8.10. The first-order valence-corrected chi connectivity index (χ1v) is 5.39. The monoisotopic (exact) mass is 235 g/mol. The maximum Gasteiger partial charge on any atom is 0.344 e. The van der Waals surface area contributed by atoms with Crippen LogP contribution < -0.4 is 4.74 Å².